The predicted molar refractivity (Wildman–Crippen MR) is 78.2 cm³/mol. The molecule has 0 aliphatic heterocycles. The third-order valence-electron chi connectivity index (χ3n) is 2.25. The maximum atomic E-state index is 5.78. The fourth-order valence-electron chi connectivity index (χ4n) is 1.31. The van der Waals surface area contributed by atoms with Crippen LogP contribution in [0.15, 0.2) is 33.3 Å². The van der Waals surface area contributed by atoms with Gasteiger partial charge in [-0.2, -0.15) is 4.98 Å². The summed E-state index contributed by atoms with van der Waals surface area (Å²) in [6.45, 7) is 1.90. The first-order valence-corrected chi connectivity index (χ1v) is 6.83. The van der Waals surface area contributed by atoms with Crippen LogP contribution >= 0.6 is 31.9 Å². The van der Waals surface area contributed by atoms with E-state index in [-0.39, 0.29) is 0 Å². The number of aromatic nitrogens is 2. The first-order valence-electron chi connectivity index (χ1n) is 5.24. The molecule has 94 valence electrons. The van der Waals surface area contributed by atoms with Crippen LogP contribution in [-0.4, -0.2) is 17.0 Å². The number of halogens is 2. The van der Waals surface area contributed by atoms with Gasteiger partial charge in [0.2, 0.25) is 11.8 Å². The summed E-state index contributed by atoms with van der Waals surface area (Å²) in [6, 6.07) is 5.70. The summed E-state index contributed by atoms with van der Waals surface area (Å²) in [5.41, 5.74) is 0.879. The van der Waals surface area contributed by atoms with E-state index < -0.39 is 0 Å². The Morgan fingerprint density at radius 2 is 2.06 bits per heavy atom. The molecule has 6 heteroatoms. The molecule has 0 saturated heterocycles. The lowest BCUT2D eigenvalue weighted by Gasteiger charge is -2.10. The number of hydrogen-bond donors (Lipinski definition) is 1. The standard InChI is InChI=1S/C12H11Br2N3O/c1-7-6-16-12(15-2)17-11(7)18-10-4-3-8(13)5-9(10)14/h3-6H,1-2H3,(H,15,16,17). The molecule has 0 atom stereocenters. The van der Waals surface area contributed by atoms with Crippen LogP contribution in [0, 0.1) is 6.92 Å². The summed E-state index contributed by atoms with van der Waals surface area (Å²) >= 11 is 6.85. The fraction of sp³-hybridized carbons (Fsp3) is 0.167. The maximum Gasteiger partial charge on any atom is 0.227 e. The number of ether oxygens (including phenoxy) is 1. The molecule has 18 heavy (non-hydrogen) atoms. The number of nitrogens with zero attached hydrogens (tertiary/aromatic N) is 2. The quantitative estimate of drug-likeness (QED) is 0.879. The van der Waals surface area contributed by atoms with Crippen molar-refractivity contribution in [1.29, 1.82) is 0 Å². The smallest absolute Gasteiger partial charge is 0.227 e. The van der Waals surface area contributed by atoms with Gasteiger partial charge in [-0.1, -0.05) is 15.9 Å². The molecule has 0 fully saturated rings. The van der Waals surface area contributed by atoms with Crippen LogP contribution in [0.1, 0.15) is 5.56 Å². The molecule has 1 aromatic heterocycles. The normalized spacial score (nSPS) is 10.2. The largest absolute Gasteiger partial charge is 0.437 e. The second-order valence-corrected chi connectivity index (χ2v) is 5.38. The van der Waals surface area contributed by atoms with Gasteiger partial charge >= 0.3 is 0 Å². The number of benzene rings is 1. The first-order chi connectivity index (χ1) is 8.60. The van der Waals surface area contributed by atoms with Crippen molar-refractivity contribution in [2.24, 2.45) is 0 Å². The van der Waals surface area contributed by atoms with E-state index in [1.54, 1.807) is 13.2 Å². The topological polar surface area (TPSA) is 47.0 Å². The van der Waals surface area contributed by atoms with Gasteiger partial charge in [0.05, 0.1) is 4.47 Å². The molecule has 0 radical (unpaired) electrons. The highest BCUT2D eigenvalue weighted by Gasteiger charge is 2.08. The van der Waals surface area contributed by atoms with Crippen molar-refractivity contribution < 1.29 is 4.74 Å². The monoisotopic (exact) mass is 371 g/mol. The van der Waals surface area contributed by atoms with Crippen molar-refractivity contribution in [3.63, 3.8) is 0 Å². The molecular formula is C12H11Br2N3O. The summed E-state index contributed by atoms with van der Waals surface area (Å²) < 4.78 is 7.62. The summed E-state index contributed by atoms with van der Waals surface area (Å²) in [5.74, 6) is 1.78. The lowest BCUT2D eigenvalue weighted by molar-refractivity contribution is 0.455. The van der Waals surface area contributed by atoms with Gasteiger partial charge in [0.1, 0.15) is 5.75 Å². The molecular weight excluding hydrogens is 362 g/mol. The molecule has 0 saturated carbocycles. The zero-order valence-electron chi connectivity index (χ0n) is 9.87. The highest BCUT2D eigenvalue weighted by Crippen LogP contribution is 2.32. The highest BCUT2D eigenvalue weighted by molar-refractivity contribution is 9.11. The second kappa shape index (κ2) is 5.67. The van der Waals surface area contributed by atoms with Gasteiger partial charge in [-0.25, -0.2) is 4.98 Å². The van der Waals surface area contributed by atoms with Gasteiger partial charge in [-0.05, 0) is 41.1 Å². The molecule has 0 aliphatic carbocycles. The molecule has 4 nitrogen and oxygen atoms in total. The number of aryl methyl sites for hydroxylation is 1. The van der Waals surface area contributed by atoms with Crippen LogP contribution in [0.4, 0.5) is 5.95 Å². The zero-order chi connectivity index (χ0) is 13.1. The molecule has 1 heterocycles. The van der Waals surface area contributed by atoms with Gasteiger partial charge in [0.25, 0.3) is 0 Å². The van der Waals surface area contributed by atoms with Crippen molar-refractivity contribution in [1.82, 2.24) is 9.97 Å². The molecule has 0 unspecified atom stereocenters. The van der Waals surface area contributed by atoms with Crippen LogP contribution in [0.5, 0.6) is 11.6 Å². The van der Waals surface area contributed by atoms with Crippen LogP contribution in [0.3, 0.4) is 0 Å². The fourth-order valence-corrected chi connectivity index (χ4v) is 2.44. The van der Waals surface area contributed by atoms with Gasteiger partial charge in [-0.3, -0.25) is 0 Å². The van der Waals surface area contributed by atoms with Crippen molar-refractivity contribution in [3.8, 4) is 11.6 Å². The Labute approximate surface area is 122 Å². The molecule has 2 rings (SSSR count). The Bertz CT molecular complexity index is 575. The van der Waals surface area contributed by atoms with E-state index in [1.165, 1.54) is 0 Å². The Hall–Kier alpha value is -1.14. The maximum absolute atomic E-state index is 5.78. The molecule has 2 aromatic rings. The minimum Gasteiger partial charge on any atom is -0.437 e. The van der Waals surface area contributed by atoms with Crippen molar-refractivity contribution >= 4 is 37.8 Å². The molecule has 0 aliphatic rings. The molecule has 1 aromatic carbocycles. The minimum absolute atomic E-state index is 0.531. The first kappa shape index (κ1) is 13.3. The highest BCUT2D eigenvalue weighted by atomic mass is 79.9. The van der Waals surface area contributed by atoms with Crippen molar-refractivity contribution in [3.05, 3.63) is 38.9 Å². The SMILES string of the molecule is CNc1ncc(C)c(Oc2ccc(Br)cc2Br)n1. The van der Waals surface area contributed by atoms with E-state index in [0.717, 1.165) is 14.5 Å². The molecule has 0 bridgehead atoms. The summed E-state index contributed by atoms with van der Waals surface area (Å²) in [4.78, 5) is 8.39. The van der Waals surface area contributed by atoms with E-state index in [9.17, 15) is 0 Å². The van der Waals surface area contributed by atoms with E-state index in [0.29, 0.717) is 17.6 Å². The summed E-state index contributed by atoms with van der Waals surface area (Å²) in [5, 5.41) is 2.88. The van der Waals surface area contributed by atoms with Crippen LogP contribution in [0.25, 0.3) is 0 Å². The van der Waals surface area contributed by atoms with Crippen LogP contribution in [-0.2, 0) is 0 Å². The number of anilines is 1. The molecule has 1 N–H and O–H groups in total. The number of hydrogen-bond acceptors (Lipinski definition) is 4. The van der Waals surface area contributed by atoms with E-state index in [2.05, 4.69) is 47.1 Å². The van der Waals surface area contributed by atoms with Crippen molar-refractivity contribution in [2.75, 3.05) is 12.4 Å². The average Bonchev–Trinajstić information content (AvgIpc) is 2.35. The molecule has 0 amide bonds. The van der Waals surface area contributed by atoms with Crippen LogP contribution < -0.4 is 10.1 Å². The second-order valence-electron chi connectivity index (χ2n) is 3.61. The van der Waals surface area contributed by atoms with Crippen molar-refractivity contribution in [2.45, 2.75) is 6.92 Å². The summed E-state index contributed by atoms with van der Waals surface area (Å²) in [6.07, 6.45) is 1.72. The third kappa shape index (κ3) is 3.00. The van der Waals surface area contributed by atoms with E-state index in [1.807, 2.05) is 25.1 Å². The Balaban J connectivity index is 2.33. The lowest BCUT2D eigenvalue weighted by atomic mass is 10.3. The predicted octanol–water partition coefficient (Wildman–Crippen LogP) is 4.14. The number of rotatable bonds is 3. The zero-order valence-corrected chi connectivity index (χ0v) is 13.0. The number of nitrogens with one attached hydrogen (secondary N) is 1. The van der Waals surface area contributed by atoms with Gasteiger partial charge in [0.15, 0.2) is 0 Å². The van der Waals surface area contributed by atoms with Gasteiger partial charge in [0, 0.05) is 23.3 Å². The minimum atomic E-state index is 0.531. The van der Waals surface area contributed by atoms with Crippen LogP contribution in [0.2, 0.25) is 0 Å². The van der Waals surface area contributed by atoms with E-state index >= 15 is 0 Å². The molecule has 0 spiro atoms. The summed E-state index contributed by atoms with van der Waals surface area (Å²) in [7, 11) is 1.77. The lowest BCUT2D eigenvalue weighted by Crippen LogP contribution is -1.99. The van der Waals surface area contributed by atoms with E-state index in [4.69, 9.17) is 4.74 Å². The third-order valence-corrected chi connectivity index (χ3v) is 3.36. The average molecular weight is 373 g/mol. The Kier molecular flexibility index (Phi) is 4.19. The van der Waals surface area contributed by atoms with Gasteiger partial charge in [-0.15, -0.1) is 0 Å². The Morgan fingerprint density at radius 3 is 2.72 bits per heavy atom. The Morgan fingerprint density at radius 1 is 1.28 bits per heavy atom. The van der Waals surface area contributed by atoms with Gasteiger partial charge < -0.3 is 10.1 Å².